The number of anilines is 1. The van der Waals surface area contributed by atoms with Crippen LogP contribution in [0.1, 0.15) is 43.7 Å². The van der Waals surface area contributed by atoms with Gasteiger partial charge in [-0.15, -0.1) is 0 Å². The molecule has 0 amide bonds. The van der Waals surface area contributed by atoms with E-state index < -0.39 is 6.10 Å². The zero-order chi connectivity index (χ0) is 14.1. The lowest BCUT2D eigenvalue weighted by Gasteiger charge is -2.31. The van der Waals surface area contributed by atoms with Crippen LogP contribution in [-0.4, -0.2) is 20.7 Å². The smallest absolute Gasteiger partial charge is 0.116 e. The summed E-state index contributed by atoms with van der Waals surface area (Å²) < 4.78 is 2.03. The molecule has 4 nitrogen and oxygen atoms in total. The van der Waals surface area contributed by atoms with E-state index in [1.165, 1.54) is 5.56 Å². The lowest BCUT2D eigenvalue weighted by Crippen LogP contribution is -2.32. The van der Waals surface area contributed by atoms with Gasteiger partial charge in [-0.3, -0.25) is 0 Å². The number of hydrogen-bond acceptors (Lipinski definition) is 3. The van der Waals surface area contributed by atoms with Crippen LogP contribution in [0.25, 0.3) is 0 Å². The highest BCUT2D eigenvalue weighted by atomic mass is 16.3. The van der Waals surface area contributed by atoms with Crippen molar-refractivity contribution in [1.82, 2.24) is 9.55 Å². The molecule has 2 unspecified atom stereocenters. The average Bonchev–Trinajstić information content (AvgIpc) is 2.95. The zero-order valence-electron chi connectivity index (χ0n) is 12.0. The van der Waals surface area contributed by atoms with E-state index in [0.717, 1.165) is 24.2 Å². The number of aromatic nitrogens is 2. The molecular weight excluding hydrogens is 250 g/mol. The number of imidazole rings is 1. The van der Waals surface area contributed by atoms with Crippen molar-refractivity contribution in [3.05, 3.63) is 48.0 Å². The Labute approximate surface area is 119 Å². The Balaban J connectivity index is 1.82. The Bertz CT molecular complexity index is 591. The molecule has 0 saturated heterocycles. The van der Waals surface area contributed by atoms with Gasteiger partial charge in [0.2, 0.25) is 0 Å². The van der Waals surface area contributed by atoms with Crippen LogP contribution in [0.2, 0.25) is 0 Å². The van der Waals surface area contributed by atoms with Crippen LogP contribution >= 0.6 is 0 Å². The standard InChI is InChI=1S/C16H21N3O/c1-11(2)19-10-17-9-15(19)16(20)14-8-7-12-5-3-4-6-13(12)18-14/h3-6,9-11,14,16,18,20H,7-8H2,1-2H3. The van der Waals surface area contributed by atoms with Gasteiger partial charge in [0, 0.05) is 11.7 Å². The summed E-state index contributed by atoms with van der Waals surface area (Å²) in [6.07, 6.45) is 4.96. The van der Waals surface area contributed by atoms with E-state index in [2.05, 4.69) is 42.3 Å². The van der Waals surface area contributed by atoms with Crippen LogP contribution in [0.15, 0.2) is 36.8 Å². The fourth-order valence-corrected chi connectivity index (χ4v) is 2.88. The second kappa shape index (κ2) is 5.29. The van der Waals surface area contributed by atoms with Gasteiger partial charge in [-0.1, -0.05) is 18.2 Å². The van der Waals surface area contributed by atoms with E-state index in [-0.39, 0.29) is 6.04 Å². The first kappa shape index (κ1) is 13.2. The van der Waals surface area contributed by atoms with E-state index in [1.807, 2.05) is 10.6 Å². The highest BCUT2D eigenvalue weighted by Gasteiger charge is 2.27. The molecule has 0 aliphatic carbocycles. The average molecular weight is 271 g/mol. The minimum Gasteiger partial charge on any atom is -0.385 e. The van der Waals surface area contributed by atoms with E-state index in [4.69, 9.17) is 0 Å². The third-order valence-corrected chi connectivity index (χ3v) is 4.02. The van der Waals surface area contributed by atoms with Crippen molar-refractivity contribution < 1.29 is 5.11 Å². The topological polar surface area (TPSA) is 50.1 Å². The number of aryl methyl sites for hydroxylation is 1. The Morgan fingerprint density at radius 1 is 1.35 bits per heavy atom. The molecule has 1 aliphatic heterocycles. The Morgan fingerprint density at radius 3 is 2.95 bits per heavy atom. The zero-order valence-corrected chi connectivity index (χ0v) is 12.0. The number of nitrogens with one attached hydrogen (secondary N) is 1. The normalized spacial score (nSPS) is 19.5. The number of para-hydroxylation sites is 1. The molecule has 0 spiro atoms. The Kier molecular flexibility index (Phi) is 3.49. The molecular formula is C16H21N3O. The lowest BCUT2D eigenvalue weighted by molar-refractivity contribution is 0.139. The van der Waals surface area contributed by atoms with Crippen molar-refractivity contribution in [3.63, 3.8) is 0 Å². The fraction of sp³-hybridized carbons (Fsp3) is 0.438. The molecule has 106 valence electrons. The van der Waals surface area contributed by atoms with Gasteiger partial charge in [-0.2, -0.15) is 0 Å². The van der Waals surface area contributed by atoms with E-state index in [0.29, 0.717) is 6.04 Å². The predicted molar refractivity (Wildman–Crippen MR) is 79.7 cm³/mol. The number of aliphatic hydroxyl groups is 1. The van der Waals surface area contributed by atoms with E-state index in [1.54, 1.807) is 12.5 Å². The van der Waals surface area contributed by atoms with E-state index in [9.17, 15) is 5.11 Å². The van der Waals surface area contributed by atoms with Gasteiger partial charge in [0.15, 0.2) is 0 Å². The maximum Gasteiger partial charge on any atom is 0.116 e. The van der Waals surface area contributed by atoms with Crippen LogP contribution in [0, 0.1) is 0 Å². The van der Waals surface area contributed by atoms with Crippen molar-refractivity contribution in [2.75, 3.05) is 5.32 Å². The SMILES string of the molecule is CC(C)n1cncc1C(O)C1CCc2ccccc2N1. The summed E-state index contributed by atoms with van der Waals surface area (Å²) in [7, 11) is 0. The summed E-state index contributed by atoms with van der Waals surface area (Å²) in [6.45, 7) is 4.20. The summed E-state index contributed by atoms with van der Waals surface area (Å²) in [6, 6.07) is 8.65. The summed E-state index contributed by atoms with van der Waals surface area (Å²) in [5.41, 5.74) is 3.35. The second-order valence-electron chi connectivity index (χ2n) is 5.71. The third-order valence-electron chi connectivity index (χ3n) is 4.02. The molecule has 0 saturated carbocycles. The van der Waals surface area contributed by atoms with Gasteiger partial charge < -0.3 is 15.0 Å². The summed E-state index contributed by atoms with van der Waals surface area (Å²) in [4.78, 5) is 4.18. The monoisotopic (exact) mass is 271 g/mol. The van der Waals surface area contributed by atoms with Crippen LogP contribution in [0.5, 0.6) is 0 Å². The van der Waals surface area contributed by atoms with Crippen molar-refractivity contribution in [1.29, 1.82) is 0 Å². The first-order valence-electron chi connectivity index (χ1n) is 7.21. The Morgan fingerprint density at radius 2 is 2.15 bits per heavy atom. The number of hydrogen-bond donors (Lipinski definition) is 2. The maximum absolute atomic E-state index is 10.7. The van der Waals surface area contributed by atoms with Gasteiger partial charge in [0.1, 0.15) is 6.10 Å². The number of benzene rings is 1. The third kappa shape index (κ3) is 2.31. The summed E-state index contributed by atoms with van der Waals surface area (Å²) >= 11 is 0. The molecule has 0 fully saturated rings. The van der Waals surface area contributed by atoms with Gasteiger partial charge in [-0.05, 0) is 38.3 Å². The molecule has 1 aromatic carbocycles. The molecule has 2 N–H and O–H groups in total. The molecule has 3 rings (SSSR count). The minimum absolute atomic E-state index is 0.0408. The van der Waals surface area contributed by atoms with Gasteiger partial charge >= 0.3 is 0 Å². The molecule has 2 atom stereocenters. The lowest BCUT2D eigenvalue weighted by atomic mass is 9.93. The molecule has 0 radical (unpaired) electrons. The molecule has 20 heavy (non-hydrogen) atoms. The van der Waals surface area contributed by atoms with Gasteiger partial charge in [0.05, 0.1) is 24.3 Å². The highest BCUT2D eigenvalue weighted by Crippen LogP contribution is 2.31. The molecule has 1 aromatic heterocycles. The summed E-state index contributed by atoms with van der Waals surface area (Å²) in [5.74, 6) is 0. The molecule has 2 aromatic rings. The molecule has 4 heteroatoms. The number of fused-ring (bicyclic) bond motifs is 1. The fourth-order valence-electron chi connectivity index (χ4n) is 2.88. The largest absolute Gasteiger partial charge is 0.385 e. The minimum atomic E-state index is -0.534. The first-order chi connectivity index (χ1) is 9.66. The van der Waals surface area contributed by atoms with Crippen LogP contribution in [0.3, 0.4) is 0 Å². The van der Waals surface area contributed by atoms with Crippen molar-refractivity contribution >= 4 is 5.69 Å². The highest BCUT2D eigenvalue weighted by molar-refractivity contribution is 5.54. The second-order valence-corrected chi connectivity index (χ2v) is 5.71. The summed E-state index contributed by atoms with van der Waals surface area (Å²) in [5, 5.41) is 14.1. The number of nitrogens with zero attached hydrogens (tertiary/aromatic N) is 2. The van der Waals surface area contributed by atoms with Gasteiger partial charge in [0.25, 0.3) is 0 Å². The maximum atomic E-state index is 10.7. The van der Waals surface area contributed by atoms with Crippen LogP contribution in [0.4, 0.5) is 5.69 Å². The van der Waals surface area contributed by atoms with Gasteiger partial charge in [-0.25, -0.2) is 4.98 Å². The van der Waals surface area contributed by atoms with Crippen LogP contribution < -0.4 is 5.32 Å². The first-order valence-corrected chi connectivity index (χ1v) is 7.21. The molecule has 0 bridgehead atoms. The van der Waals surface area contributed by atoms with Crippen molar-refractivity contribution in [2.45, 2.75) is 44.9 Å². The van der Waals surface area contributed by atoms with E-state index >= 15 is 0 Å². The number of rotatable bonds is 3. The van der Waals surface area contributed by atoms with Crippen LogP contribution in [-0.2, 0) is 6.42 Å². The number of aliphatic hydroxyl groups excluding tert-OH is 1. The predicted octanol–water partition coefficient (Wildman–Crippen LogP) is 2.92. The molecule has 2 heterocycles. The molecule has 1 aliphatic rings. The van der Waals surface area contributed by atoms with Crippen molar-refractivity contribution in [2.24, 2.45) is 0 Å². The quantitative estimate of drug-likeness (QED) is 0.902. The van der Waals surface area contributed by atoms with Crippen molar-refractivity contribution in [3.8, 4) is 0 Å². The Hall–Kier alpha value is -1.81.